The molecule has 1 aromatic carbocycles. The lowest BCUT2D eigenvalue weighted by molar-refractivity contribution is 0.292. The molecule has 1 aromatic heterocycles. The summed E-state index contributed by atoms with van der Waals surface area (Å²) in [6.07, 6.45) is 0.913. The summed E-state index contributed by atoms with van der Waals surface area (Å²) >= 11 is 8.48. The molecule has 0 radical (unpaired) electrons. The van der Waals surface area contributed by atoms with Crippen molar-refractivity contribution in [3.05, 3.63) is 45.7 Å². The second-order valence-electron chi connectivity index (χ2n) is 4.59. The van der Waals surface area contributed by atoms with Crippen LogP contribution in [0.25, 0.3) is 0 Å². The van der Waals surface area contributed by atoms with Crippen LogP contribution in [0.15, 0.2) is 28.7 Å². The Kier molecular flexibility index (Phi) is 5.36. The third-order valence-corrected chi connectivity index (χ3v) is 3.87. The second kappa shape index (κ2) is 7.04. The first kappa shape index (κ1) is 16.0. The van der Waals surface area contributed by atoms with Gasteiger partial charge in [0.2, 0.25) is 0 Å². The van der Waals surface area contributed by atoms with E-state index in [-0.39, 0.29) is 0 Å². The third-order valence-electron chi connectivity index (χ3n) is 3.16. The molecule has 0 saturated carbocycles. The topological polar surface area (TPSA) is 53.1 Å². The number of thiocarbonyl (C=S) groups is 1. The number of aryl methyl sites for hydroxylation is 2. The molecule has 0 bridgehead atoms. The molecule has 0 spiro atoms. The summed E-state index contributed by atoms with van der Waals surface area (Å²) in [7, 11) is 0. The van der Waals surface area contributed by atoms with E-state index in [1.54, 1.807) is 0 Å². The molecule has 1 heterocycles. The van der Waals surface area contributed by atoms with E-state index in [0.717, 1.165) is 34.4 Å². The minimum Gasteiger partial charge on any atom is -0.487 e. The Bertz CT molecular complexity index is 654. The molecule has 0 fully saturated rings. The number of aromatic nitrogens is 2. The lowest BCUT2D eigenvalue weighted by Crippen LogP contribution is -2.12. The summed E-state index contributed by atoms with van der Waals surface area (Å²) < 4.78 is 8.77. The van der Waals surface area contributed by atoms with Gasteiger partial charge in [0.15, 0.2) is 0 Å². The normalized spacial score (nSPS) is 10.6. The Labute approximate surface area is 138 Å². The molecular weight excluding hydrogens is 350 g/mol. The van der Waals surface area contributed by atoms with E-state index in [1.807, 2.05) is 22.9 Å². The zero-order valence-corrected chi connectivity index (χ0v) is 14.5. The highest BCUT2D eigenvalue weighted by molar-refractivity contribution is 9.10. The van der Waals surface area contributed by atoms with Crippen LogP contribution < -0.4 is 10.5 Å². The van der Waals surface area contributed by atoms with Crippen LogP contribution in [-0.4, -0.2) is 14.8 Å². The van der Waals surface area contributed by atoms with Crippen molar-refractivity contribution in [1.29, 1.82) is 0 Å². The molecule has 0 aliphatic heterocycles. The minimum absolute atomic E-state index is 0.324. The fourth-order valence-electron chi connectivity index (χ4n) is 2.05. The molecular formula is C15H18BrN3OS. The Morgan fingerprint density at radius 1 is 1.38 bits per heavy atom. The maximum absolute atomic E-state index is 5.89. The van der Waals surface area contributed by atoms with Crippen molar-refractivity contribution in [2.75, 3.05) is 0 Å². The van der Waals surface area contributed by atoms with Gasteiger partial charge in [0.1, 0.15) is 17.3 Å². The SMILES string of the molecule is CCc1cc(COc2ccc(Br)cc2C(N)=S)n(CC)n1. The van der Waals surface area contributed by atoms with Gasteiger partial charge in [0, 0.05) is 11.0 Å². The Morgan fingerprint density at radius 2 is 2.14 bits per heavy atom. The largest absolute Gasteiger partial charge is 0.487 e. The van der Waals surface area contributed by atoms with Crippen LogP contribution in [-0.2, 0) is 19.6 Å². The van der Waals surface area contributed by atoms with Crippen molar-refractivity contribution in [1.82, 2.24) is 9.78 Å². The van der Waals surface area contributed by atoms with E-state index in [4.69, 9.17) is 22.7 Å². The number of benzene rings is 1. The highest BCUT2D eigenvalue weighted by Gasteiger charge is 2.10. The van der Waals surface area contributed by atoms with Crippen LogP contribution in [0.2, 0.25) is 0 Å². The fourth-order valence-corrected chi connectivity index (χ4v) is 2.57. The standard InChI is InChI=1S/C15H18BrN3OS/c1-3-11-8-12(19(4-2)18-11)9-20-14-6-5-10(16)7-13(14)15(17)21/h5-8H,3-4,9H2,1-2H3,(H2,17,21). The lowest BCUT2D eigenvalue weighted by atomic mass is 10.2. The number of ether oxygens (including phenoxy) is 1. The van der Waals surface area contributed by atoms with Crippen molar-refractivity contribution < 1.29 is 4.74 Å². The molecule has 0 aliphatic rings. The number of halogens is 1. The molecule has 21 heavy (non-hydrogen) atoms. The number of nitrogens with zero attached hydrogens (tertiary/aromatic N) is 2. The van der Waals surface area contributed by atoms with Crippen molar-refractivity contribution in [2.24, 2.45) is 5.73 Å². The van der Waals surface area contributed by atoms with Crippen molar-refractivity contribution in [2.45, 2.75) is 33.4 Å². The maximum atomic E-state index is 5.89. The smallest absolute Gasteiger partial charge is 0.130 e. The summed E-state index contributed by atoms with van der Waals surface area (Å²) in [6, 6.07) is 7.71. The first-order valence-corrected chi connectivity index (χ1v) is 8.03. The minimum atomic E-state index is 0.324. The van der Waals surface area contributed by atoms with Crippen LogP contribution in [0.1, 0.15) is 30.8 Å². The molecule has 0 aliphatic carbocycles. The first-order chi connectivity index (χ1) is 10.0. The molecule has 0 amide bonds. The van der Waals surface area contributed by atoms with Crippen molar-refractivity contribution in [3.8, 4) is 5.75 Å². The average Bonchev–Trinajstić information content (AvgIpc) is 2.88. The molecule has 2 aromatic rings. The zero-order chi connectivity index (χ0) is 15.4. The van der Waals surface area contributed by atoms with Crippen molar-refractivity contribution >= 4 is 33.1 Å². The summed E-state index contributed by atoms with van der Waals surface area (Å²) in [5.41, 5.74) is 8.60. The lowest BCUT2D eigenvalue weighted by Gasteiger charge is -2.11. The molecule has 6 heteroatoms. The van der Waals surface area contributed by atoms with Gasteiger partial charge < -0.3 is 10.5 Å². The van der Waals surface area contributed by atoms with Crippen LogP contribution in [0.3, 0.4) is 0 Å². The monoisotopic (exact) mass is 367 g/mol. The first-order valence-electron chi connectivity index (χ1n) is 6.82. The highest BCUT2D eigenvalue weighted by Crippen LogP contribution is 2.24. The summed E-state index contributed by atoms with van der Waals surface area (Å²) in [6.45, 7) is 5.42. The van der Waals surface area contributed by atoms with E-state index in [9.17, 15) is 0 Å². The number of rotatable bonds is 6. The van der Waals surface area contributed by atoms with Crippen LogP contribution in [0, 0.1) is 0 Å². The second-order valence-corrected chi connectivity index (χ2v) is 5.95. The third kappa shape index (κ3) is 3.83. The number of hydrogen-bond donors (Lipinski definition) is 1. The molecule has 0 unspecified atom stereocenters. The molecule has 2 rings (SSSR count). The van der Waals surface area contributed by atoms with Gasteiger partial charge in [-0.3, -0.25) is 4.68 Å². The van der Waals surface area contributed by atoms with Gasteiger partial charge in [0.05, 0.1) is 17.0 Å². The Morgan fingerprint density at radius 3 is 2.76 bits per heavy atom. The van der Waals surface area contributed by atoms with Gasteiger partial charge in [-0.05, 0) is 37.6 Å². The summed E-state index contributed by atoms with van der Waals surface area (Å²) in [5, 5.41) is 4.51. The zero-order valence-electron chi connectivity index (χ0n) is 12.1. The van der Waals surface area contributed by atoms with Gasteiger partial charge in [-0.25, -0.2) is 0 Å². The van der Waals surface area contributed by atoms with Gasteiger partial charge in [-0.15, -0.1) is 0 Å². The molecule has 4 nitrogen and oxygen atoms in total. The van der Waals surface area contributed by atoms with Crippen LogP contribution in [0.4, 0.5) is 0 Å². The van der Waals surface area contributed by atoms with Gasteiger partial charge in [-0.1, -0.05) is 35.1 Å². The number of hydrogen-bond acceptors (Lipinski definition) is 3. The molecule has 2 N–H and O–H groups in total. The van der Waals surface area contributed by atoms with E-state index in [2.05, 4.69) is 40.9 Å². The average molecular weight is 368 g/mol. The van der Waals surface area contributed by atoms with E-state index < -0.39 is 0 Å². The van der Waals surface area contributed by atoms with Crippen LogP contribution >= 0.6 is 28.1 Å². The molecule has 0 atom stereocenters. The summed E-state index contributed by atoms with van der Waals surface area (Å²) in [5.74, 6) is 0.688. The maximum Gasteiger partial charge on any atom is 0.130 e. The van der Waals surface area contributed by atoms with Crippen molar-refractivity contribution in [3.63, 3.8) is 0 Å². The highest BCUT2D eigenvalue weighted by atomic mass is 79.9. The van der Waals surface area contributed by atoms with Gasteiger partial charge in [0.25, 0.3) is 0 Å². The quantitative estimate of drug-likeness (QED) is 0.794. The predicted molar refractivity (Wildman–Crippen MR) is 91.6 cm³/mol. The number of nitrogens with two attached hydrogens (primary N) is 1. The van der Waals surface area contributed by atoms with Crippen LogP contribution in [0.5, 0.6) is 5.75 Å². The Hall–Kier alpha value is -1.40. The van der Waals surface area contributed by atoms with E-state index >= 15 is 0 Å². The predicted octanol–water partition coefficient (Wildman–Crippen LogP) is 3.44. The molecule has 0 saturated heterocycles. The Balaban J connectivity index is 2.20. The van der Waals surface area contributed by atoms with Gasteiger partial charge in [-0.2, -0.15) is 5.10 Å². The summed E-state index contributed by atoms with van der Waals surface area (Å²) in [4.78, 5) is 0.324. The molecule has 112 valence electrons. The van der Waals surface area contributed by atoms with E-state index in [0.29, 0.717) is 17.3 Å². The van der Waals surface area contributed by atoms with E-state index in [1.165, 1.54) is 0 Å². The van der Waals surface area contributed by atoms with Gasteiger partial charge >= 0.3 is 0 Å². The fraction of sp³-hybridized carbons (Fsp3) is 0.333.